The number of sulfone groups is 1. The zero-order valence-electron chi connectivity index (χ0n) is 36.0. The number of pyridine rings is 1. The number of aromatic amines is 1. The van der Waals surface area contributed by atoms with E-state index in [9.17, 15) is 23.3 Å². The molecule has 2 aromatic heterocycles. The largest absolute Gasteiger partial charge is 0.455 e. The van der Waals surface area contributed by atoms with Crippen LogP contribution in [-0.2, 0) is 16.3 Å². The summed E-state index contributed by atoms with van der Waals surface area (Å²) in [4.78, 5) is 40.3. The van der Waals surface area contributed by atoms with Gasteiger partial charge in [0.1, 0.15) is 22.9 Å². The number of piperazine rings is 1. The molecular formula is C48H60N6O6S. The zero-order valence-corrected chi connectivity index (χ0v) is 36.8. The third-order valence-electron chi connectivity index (χ3n) is 14.4. The van der Waals surface area contributed by atoms with Crippen molar-refractivity contribution in [3.8, 4) is 11.5 Å². The van der Waals surface area contributed by atoms with Gasteiger partial charge in [0.2, 0.25) is 0 Å². The highest BCUT2D eigenvalue weighted by Gasteiger charge is 2.66. The number of carbonyl (C=O) groups is 1. The van der Waals surface area contributed by atoms with E-state index in [-0.39, 0.29) is 21.9 Å². The van der Waals surface area contributed by atoms with Crippen LogP contribution in [0.15, 0.2) is 77.0 Å². The maximum atomic E-state index is 14.1. The number of Topliss-reactive ketones (excluding diaryl/α,β-unsaturated/α-hetero) is 1. The maximum absolute atomic E-state index is 14.1. The fourth-order valence-corrected chi connectivity index (χ4v) is 12.6. The van der Waals surface area contributed by atoms with Gasteiger partial charge in [-0.2, -0.15) is 0 Å². The number of nitrogens with one attached hydrogen (secondary N) is 1. The summed E-state index contributed by atoms with van der Waals surface area (Å²) in [7, 11) is -4.25. The van der Waals surface area contributed by atoms with Crippen molar-refractivity contribution in [1.29, 1.82) is 0 Å². The van der Waals surface area contributed by atoms with Gasteiger partial charge in [-0.15, -0.1) is 0 Å². The number of ketones is 1. The number of benzene rings is 2. The van der Waals surface area contributed by atoms with Crippen LogP contribution in [0.2, 0.25) is 0 Å². The van der Waals surface area contributed by atoms with Gasteiger partial charge in [-0.3, -0.25) is 19.8 Å². The molecule has 4 aliphatic carbocycles. The molecule has 0 radical (unpaired) electrons. The third kappa shape index (κ3) is 8.75. The predicted molar refractivity (Wildman–Crippen MR) is 238 cm³/mol. The fourth-order valence-electron chi connectivity index (χ4n) is 11.4. The molecule has 10 rings (SSSR count). The van der Waals surface area contributed by atoms with Gasteiger partial charge in [0.05, 0.1) is 21.6 Å². The van der Waals surface area contributed by atoms with Gasteiger partial charge in [-0.1, -0.05) is 44.4 Å². The number of rotatable bonds is 15. The predicted octanol–water partition coefficient (Wildman–Crippen LogP) is 9.16. The van der Waals surface area contributed by atoms with Crippen molar-refractivity contribution in [3.05, 3.63) is 93.3 Å². The molecule has 12 nitrogen and oxygen atoms in total. The number of allylic oxidation sites excluding steroid dienone is 1. The lowest BCUT2D eigenvalue weighted by molar-refractivity contribution is -0.385. The number of hydrogen-bond acceptors (Lipinski definition) is 10. The number of carbonyl (C=O) groups excluding carboxylic acids is 1. The second kappa shape index (κ2) is 16.3. The summed E-state index contributed by atoms with van der Waals surface area (Å²) in [5, 5.41) is 13.0. The molecule has 4 aromatic rings. The van der Waals surface area contributed by atoms with Crippen LogP contribution in [-0.4, -0.2) is 97.0 Å². The number of aromatic nitrogens is 2. The van der Waals surface area contributed by atoms with E-state index < -0.39 is 26.3 Å². The van der Waals surface area contributed by atoms with Crippen LogP contribution < -0.4 is 9.64 Å². The normalized spacial score (nSPS) is 24.3. The molecule has 13 heteroatoms. The molecule has 0 atom stereocenters. The van der Waals surface area contributed by atoms with Crippen molar-refractivity contribution in [2.75, 3.05) is 63.0 Å². The summed E-state index contributed by atoms with van der Waals surface area (Å²) >= 11 is 0. The Morgan fingerprint density at radius 1 is 0.934 bits per heavy atom. The van der Waals surface area contributed by atoms with E-state index in [2.05, 4.69) is 45.4 Å². The van der Waals surface area contributed by atoms with Crippen molar-refractivity contribution in [1.82, 2.24) is 19.8 Å². The van der Waals surface area contributed by atoms with Gasteiger partial charge in [0.15, 0.2) is 15.6 Å². The minimum atomic E-state index is -4.25. The number of H-pyrrole nitrogens is 1. The van der Waals surface area contributed by atoms with Crippen molar-refractivity contribution < 1.29 is 22.9 Å². The number of ether oxygens (including phenoxy) is 1. The molecule has 2 aromatic carbocycles. The molecule has 6 aliphatic rings. The van der Waals surface area contributed by atoms with Crippen LogP contribution in [0.1, 0.15) is 101 Å². The fraction of sp³-hybridized carbons (Fsp3) is 0.542. The Balaban J connectivity index is 0.911. The molecule has 3 saturated carbocycles. The number of anilines is 1. The molecule has 324 valence electrons. The highest BCUT2D eigenvalue weighted by molar-refractivity contribution is 7.92. The van der Waals surface area contributed by atoms with Gasteiger partial charge in [0, 0.05) is 67.7 Å². The smallest absolute Gasteiger partial charge is 0.273 e. The summed E-state index contributed by atoms with van der Waals surface area (Å²) in [6.45, 7) is 14.7. The van der Waals surface area contributed by atoms with Gasteiger partial charge in [-0.25, -0.2) is 13.4 Å². The standard InChI is InChI=1S/C48H60N6O6S/c1-46(2)15-13-36(41(27-46)48-31-47(3,32-48)33-48)29-52-20-22-53(23-21-52)37-10-12-40(44(25-37)60-38-24-35-14-16-49-45(35)50-28-38)43(55)30-61(58,59)39-11-9-34(42(26-39)54(56)57)8-7-19-51-17-5-4-6-18-51/h9-12,14,16,24-26,28H,4-8,13,15,17-23,27,29-33H2,1-3H3,(H,49,50). The Morgan fingerprint density at radius 2 is 1.70 bits per heavy atom. The quantitative estimate of drug-likeness (QED) is 0.0533. The molecule has 1 N–H and O–H groups in total. The number of hydrogen-bond donors (Lipinski definition) is 1. The van der Waals surface area contributed by atoms with Gasteiger partial charge < -0.3 is 19.5 Å². The first-order valence-electron chi connectivity index (χ1n) is 22.4. The number of nitro groups is 1. The Labute approximate surface area is 359 Å². The van der Waals surface area contributed by atoms with Crippen molar-refractivity contribution in [2.45, 2.75) is 96.3 Å². The average Bonchev–Trinajstić information content (AvgIpc) is 3.68. The summed E-state index contributed by atoms with van der Waals surface area (Å²) in [6, 6.07) is 13.1. The molecule has 4 heterocycles. The Morgan fingerprint density at radius 3 is 2.44 bits per heavy atom. The first kappa shape index (κ1) is 41.7. The number of likely N-dealkylation sites (tertiary alicyclic amines) is 1. The van der Waals surface area contributed by atoms with Gasteiger partial charge in [0.25, 0.3) is 5.69 Å². The average molecular weight is 849 g/mol. The van der Waals surface area contributed by atoms with Crippen molar-refractivity contribution in [3.63, 3.8) is 0 Å². The van der Waals surface area contributed by atoms with Gasteiger partial charge in [-0.05, 0) is 130 Å². The summed E-state index contributed by atoms with van der Waals surface area (Å²) in [5.41, 5.74) is 6.83. The highest BCUT2D eigenvalue weighted by Crippen LogP contribution is 2.77. The van der Waals surface area contributed by atoms with Crippen LogP contribution in [0.4, 0.5) is 11.4 Å². The van der Waals surface area contributed by atoms with Gasteiger partial charge >= 0.3 is 0 Å². The molecule has 0 unspecified atom stereocenters. The maximum Gasteiger partial charge on any atom is 0.273 e. The monoisotopic (exact) mass is 848 g/mol. The lowest BCUT2D eigenvalue weighted by Gasteiger charge is -2.72. The number of piperidine rings is 1. The second-order valence-electron chi connectivity index (χ2n) is 19.9. The summed E-state index contributed by atoms with van der Waals surface area (Å²) < 4.78 is 34.0. The minimum absolute atomic E-state index is 0.117. The summed E-state index contributed by atoms with van der Waals surface area (Å²) in [5.74, 6) is -0.876. The topological polar surface area (TPSA) is 142 Å². The molecule has 2 saturated heterocycles. The molecule has 0 amide bonds. The molecule has 2 aliphatic heterocycles. The molecule has 0 spiro atoms. The van der Waals surface area contributed by atoms with Crippen LogP contribution >= 0.6 is 0 Å². The summed E-state index contributed by atoms with van der Waals surface area (Å²) in [6.07, 6.45) is 15.9. The molecular weight excluding hydrogens is 789 g/mol. The van der Waals surface area contributed by atoms with Crippen LogP contribution in [0.3, 0.4) is 0 Å². The van der Waals surface area contributed by atoms with E-state index in [1.165, 1.54) is 69.9 Å². The van der Waals surface area contributed by atoms with Crippen molar-refractivity contribution in [2.24, 2.45) is 16.2 Å². The lowest BCUT2D eigenvalue weighted by Crippen LogP contribution is -2.61. The number of aryl methyl sites for hydroxylation is 1. The van der Waals surface area contributed by atoms with E-state index >= 15 is 0 Å². The number of nitro benzene ring substituents is 1. The molecule has 5 fully saturated rings. The SMILES string of the molecule is CC1(C)CCC(CN2CCN(c3ccc(C(=O)CS(=O)(=O)c4ccc(CCCN5CCCCC5)c([N+](=O)[O-])c4)c(Oc4cnc5[nH]ccc5c4)c3)CC2)=C(C23CC(C)(C2)C3)C1. The van der Waals surface area contributed by atoms with E-state index in [0.29, 0.717) is 39.6 Å². The minimum Gasteiger partial charge on any atom is -0.455 e. The van der Waals surface area contributed by atoms with Crippen LogP contribution in [0, 0.1) is 26.4 Å². The van der Waals surface area contributed by atoms with E-state index in [0.717, 1.165) is 75.9 Å². The van der Waals surface area contributed by atoms with Crippen molar-refractivity contribution >= 4 is 38.0 Å². The lowest BCUT2D eigenvalue weighted by atomic mass is 9.33. The van der Waals surface area contributed by atoms with E-state index in [1.54, 1.807) is 29.6 Å². The first-order valence-corrected chi connectivity index (χ1v) is 24.0. The van der Waals surface area contributed by atoms with E-state index in [4.69, 9.17) is 4.74 Å². The number of fused-ring (bicyclic) bond motifs is 1. The molecule has 2 bridgehead atoms. The third-order valence-corrected chi connectivity index (χ3v) is 16.1. The Hall–Kier alpha value is -4.59. The molecule has 61 heavy (non-hydrogen) atoms. The zero-order chi connectivity index (χ0) is 42.6. The highest BCUT2D eigenvalue weighted by atomic mass is 32.2. The Bertz CT molecular complexity index is 2460. The van der Waals surface area contributed by atoms with Crippen LogP contribution in [0.25, 0.3) is 11.0 Å². The Kier molecular flexibility index (Phi) is 11.1. The first-order chi connectivity index (χ1) is 29.2. The number of nitrogens with zero attached hydrogens (tertiary/aromatic N) is 5. The van der Waals surface area contributed by atoms with Crippen LogP contribution in [0.5, 0.6) is 11.5 Å². The second-order valence-corrected chi connectivity index (χ2v) is 21.9. The van der Waals surface area contributed by atoms with E-state index in [1.807, 2.05) is 24.3 Å².